The van der Waals surface area contributed by atoms with Gasteiger partial charge >= 0.3 is 0 Å². The highest BCUT2D eigenvalue weighted by Crippen LogP contribution is 2.33. The highest BCUT2D eigenvalue weighted by Gasteiger charge is 2.29. The van der Waals surface area contributed by atoms with Crippen molar-refractivity contribution in [2.24, 2.45) is 5.92 Å². The molecule has 0 aromatic carbocycles. The van der Waals surface area contributed by atoms with Crippen molar-refractivity contribution in [1.29, 1.82) is 0 Å². The normalized spacial score (nSPS) is 17.1. The van der Waals surface area contributed by atoms with E-state index in [0.717, 1.165) is 47.6 Å². The number of carbonyl (C=O) groups excluding carboxylic acids is 1. The van der Waals surface area contributed by atoms with Gasteiger partial charge in [-0.3, -0.25) is 9.78 Å². The van der Waals surface area contributed by atoms with Crippen molar-refractivity contribution < 1.29 is 9.21 Å². The van der Waals surface area contributed by atoms with Crippen molar-refractivity contribution in [3.05, 3.63) is 47.2 Å². The number of anilines is 1. The van der Waals surface area contributed by atoms with E-state index in [2.05, 4.69) is 20.2 Å². The molecule has 0 unspecified atom stereocenters. The van der Waals surface area contributed by atoms with Gasteiger partial charge in [-0.1, -0.05) is 6.07 Å². The smallest absolute Gasteiger partial charge is 0.231 e. The number of piperidine rings is 1. The van der Waals surface area contributed by atoms with Gasteiger partial charge in [-0.05, 0) is 45.7 Å². The molecule has 4 heterocycles. The Kier molecular flexibility index (Phi) is 4.98. The van der Waals surface area contributed by atoms with Crippen molar-refractivity contribution >= 4 is 22.8 Å². The van der Waals surface area contributed by atoms with Crippen LogP contribution < -0.4 is 10.2 Å². The van der Waals surface area contributed by atoms with Gasteiger partial charge in [-0.2, -0.15) is 4.98 Å². The molecule has 7 heteroatoms. The maximum Gasteiger partial charge on any atom is 0.231 e. The number of pyridine rings is 1. The number of aryl methyl sites for hydroxylation is 3. The summed E-state index contributed by atoms with van der Waals surface area (Å²) in [6.07, 6.45) is 3.56. The maximum absolute atomic E-state index is 12.7. The topological polar surface area (TPSA) is 84.2 Å². The van der Waals surface area contributed by atoms with E-state index in [1.807, 2.05) is 39.0 Å². The van der Waals surface area contributed by atoms with E-state index in [4.69, 9.17) is 9.40 Å². The molecule has 28 heavy (non-hydrogen) atoms. The molecule has 1 saturated heterocycles. The highest BCUT2D eigenvalue weighted by molar-refractivity contribution is 5.90. The van der Waals surface area contributed by atoms with Crippen LogP contribution in [0.4, 0.5) is 5.82 Å². The average molecular weight is 379 g/mol. The predicted octanol–water partition coefficient (Wildman–Crippen LogP) is 3.08. The molecule has 3 aromatic heterocycles. The van der Waals surface area contributed by atoms with E-state index in [0.29, 0.717) is 24.6 Å². The molecular formula is C21H25N5O2. The fourth-order valence-electron chi connectivity index (χ4n) is 3.77. The third kappa shape index (κ3) is 3.56. The number of nitrogens with zero attached hydrogens (tertiary/aromatic N) is 4. The Bertz CT molecular complexity index is 999. The highest BCUT2D eigenvalue weighted by atomic mass is 16.3. The van der Waals surface area contributed by atoms with Gasteiger partial charge in [0.2, 0.25) is 11.6 Å². The number of aromatic nitrogens is 3. The van der Waals surface area contributed by atoms with Crippen LogP contribution in [0.15, 0.2) is 28.8 Å². The quantitative estimate of drug-likeness (QED) is 0.750. The first-order valence-corrected chi connectivity index (χ1v) is 9.70. The summed E-state index contributed by atoms with van der Waals surface area (Å²) in [4.78, 5) is 28.3. The molecule has 0 radical (unpaired) electrons. The predicted molar refractivity (Wildman–Crippen MR) is 107 cm³/mol. The summed E-state index contributed by atoms with van der Waals surface area (Å²) in [6, 6.07) is 5.71. The van der Waals surface area contributed by atoms with Gasteiger partial charge < -0.3 is 14.6 Å². The first-order chi connectivity index (χ1) is 13.5. The second-order valence-corrected chi connectivity index (χ2v) is 7.38. The van der Waals surface area contributed by atoms with Gasteiger partial charge in [-0.25, -0.2) is 4.98 Å². The number of hydrogen-bond donors (Lipinski definition) is 1. The maximum atomic E-state index is 12.7. The van der Waals surface area contributed by atoms with Crippen molar-refractivity contribution in [1.82, 2.24) is 20.3 Å². The fourth-order valence-corrected chi connectivity index (χ4v) is 3.77. The van der Waals surface area contributed by atoms with Crippen LogP contribution in [0.25, 0.3) is 11.1 Å². The number of fused-ring (bicyclic) bond motifs is 1. The van der Waals surface area contributed by atoms with Crippen LogP contribution in [0, 0.1) is 26.7 Å². The van der Waals surface area contributed by atoms with Crippen LogP contribution in [-0.4, -0.2) is 33.9 Å². The molecule has 1 atom stereocenters. The summed E-state index contributed by atoms with van der Waals surface area (Å²) in [5.74, 6) is 2.41. The molecule has 1 aliphatic rings. The molecule has 0 saturated carbocycles. The fraction of sp³-hybridized carbons (Fsp3) is 0.429. The molecule has 0 aliphatic carbocycles. The number of furan rings is 1. The summed E-state index contributed by atoms with van der Waals surface area (Å²) in [5, 5.41) is 3.98. The lowest BCUT2D eigenvalue weighted by atomic mass is 9.96. The number of hydrogen-bond acceptors (Lipinski definition) is 6. The molecule has 146 valence electrons. The molecule has 1 aliphatic heterocycles. The number of rotatable bonds is 4. The second kappa shape index (κ2) is 7.58. The van der Waals surface area contributed by atoms with E-state index in [1.165, 1.54) is 0 Å². The standard InChI is InChI=1S/C21H25N5O2/c1-13-14(2)28-21-18(13)19(24-15(3)25-21)26-10-6-7-16(12-26)20(27)23-11-17-8-4-5-9-22-17/h4-5,8-9,16H,6-7,10-12H2,1-3H3,(H,23,27)/t16-/m1/s1. The van der Waals surface area contributed by atoms with Crippen LogP contribution in [0.3, 0.4) is 0 Å². The van der Waals surface area contributed by atoms with Gasteiger partial charge in [0.15, 0.2) is 0 Å². The van der Waals surface area contributed by atoms with E-state index < -0.39 is 0 Å². The number of nitrogens with one attached hydrogen (secondary N) is 1. The van der Waals surface area contributed by atoms with Gasteiger partial charge in [0.1, 0.15) is 17.4 Å². The van der Waals surface area contributed by atoms with Gasteiger partial charge in [0.05, 0.1) is 23.5 Å². The zero-order valence-corrected chi connectivity index (χ0v) is 16.5. The summed E-state index contributed by atoms with van der Waals surface area (Å²) in [6.45, 7) is 7.82. The molecule has 0 bridgehead atoms. The third-order valence-corrected chi connectivity index (χ3v) is 5.38. The van der Waals surface area contributed by atoms with Crippen molar-refractivity contribution in [2.45, 2.75) is 40.2 Å². The minimum Gasteiger partial charge on any atom is -0.443 e. The minimum absolute atomic E-state index is 0.0671. The van der Waals surface area contributed by atoms with E-state index in [9.17, 15) is 4.79 Å². The third-order valence-electron chi connectivity index (χ3n) is 5.38. The summed E-state index contributed by atoms with van der Waals surface area (Å²) in [5.41, 5.74) is 2.55. The van der Waals surface area contributed by atoms with Crippen LogP contribution in [0.2, 0.25) is 0 Å². The lowest BCUT2D eigenvalue weighted by Gasteiger charge is -2.33. The van der Waals surface area contributed by atoms with E-state index in [1.54, 1.807) is 6.20 Å². The number of carbonyl (C=O) groups is 1. The van der Waals surface area contributed by atoms with Gasteiger partial charge in [0, 0.05) is 24.8 Å². The van der Waals surface area contributed by atoms with Crippen LogP contribution in [0.1, 0.15) is 35.7 Å². The Morgan fingerprint density at radius 1 is 1.29 bits per heavy atom. The summed E-state index contributed by atoms with van der Waals surface area (Å²) < 4.78 is 5.81. The molecule has 1 fully saturated rings. The summed E-state index contributed by atoms with van der Waals surface area (Å²) >= 11 is 0. The first kappa shape index (κ1) is 18.4. The molecule has 1 amide bonds. The van der Waals surface area contributed by atoms with Crippen molar-refractivity contribution in [3.63, 3.8) is 0 Å². The zero-order valence-electron chi connectivity index (χ0n) is 16.5. The lowest BCUT2D eigenvalue weighted by molar-refractivity contribution is -0.125. The van der Waals surface area contributed by atoms with Crippen LogP contribution in [0.5, 0.6) is 0 Å². The van der Waals surface area contributed by atoms with E-state index in [-0.39, 0.29) is 11.8 Å². The SMILES string of the molecule is Cc1nc(N2CCC[C@@H](C(=O)NCc3ccccn3)C2)c2c(C)c(C)oc2n1. The summed E-state index contributed by atoms with van der Waals surface area (Å²) in [7, 11) is 0. The first-order valence-electron chi connectivity index (χ1n) is 9.70. The Hall–Kier alpha value is -2.96. The Labute approximate surface area is 164 Å². The van der Waals surface area contributed by atoms with E-state index >= 15 is 0 Å². The van der Waals surface area contributed by atoms with Gasteiger partial charge in [0.25, 0.3) is 0 Å². The zero-order chi connectivity index (χ0) is 19.7. The second-order valence-electron chi connectivity index (χ2n) is 7.38. The Balaban J connectivity index is 1.52. The largest absolute Gasteiger partial charge is 0.443 e. The molecule has 4 rings (SSSR count). The molecule has 1 N–H and O–H groups in total. The minimum atomic E-state index is -0.0731. The molecular weight excluding hydrogens is 354 g/mol. The molecule has 7 nitrogen and oxygen atoms in total. The van der Waals surface area contributed by atoms with Crippen molar-refractivity contribution in [2.75, 3.05) is 18.0 Å². The number of amides is 1. The van der Waals surface area contributed by atoms with Crippen molar-refractivity contribution in [3.8, 4) is 0 Å². The molecule has 3 aromatic rings. The monoisotopic (exact) mass is 379 g/mol. The Morgan fingerprint density at radius 3 is 2.93 bits per heavy atom. The lowest BCUT2D eigenvalue weighted by Crippen LogP contribution is -2.43. The Morgan fingerprint density at radius 2 is 2.14 bits per heavy atom. The average Bonchev–Trinajstić information content (AvgIpc) is 3.00. The molecule has 0 spiro atoms. The van der Waals surface area contributed by atoms with Crippen LogP contribution >= 0.6 is 0 Å². The van der Waals surface area contributed by atoms with Gasteiger partial charge in [-0.15, -0.1) is 0 Å². The van der Waals surface area contributed by atoms with Crippen LogP contribution in [-0.2, 0) is 11.3 Å².